The fraction of sp³-hybridized carbons (Fsp3) is 0.130. The highest BCUT2D eigenvalue weighted by Crippen LogP contribution is 2.23. The molecule has 0 heterocycles. The number of carbonyl (C=O) groups excluding carboxylic acids is 1. The summed E-state index contributed by atoms with van der Waals surface area (Å²) < 4.78 is 5.94. The molecule has 3 aromatic rings. The molecule has 1 N–H and O–H groups in total. The minimum Gasteiger partial charge on any atom is -0.489 e. The van der Waals surface area contributed by atoms with Crippen LogP contribution in [0.4, 0.5) is 0 Å². The Morgan fingerprint density at radius 1 is 0.893 bits per heavy atom. The number of amides is 1. The van der Waals surface area contributed by atoms with E-state index in [0.717, 1.165) is 22.4 Å². The first-order valence-electron chi connectivity index (χ1n) is 8.92. The van der Waals surface area contributed by atoms with Crippen molar-refractivity contribution in [1.29, 1.82) is 0 Å². The first-order chi connectivity index (χ1) is 13.7. The van der Waals surface area contributed by atoms with Gasteiger partial charge in [-0.25, -0.2) is 0 Å². The lowest BCUT2D eigenvalue weighted by molar-refractivity contribution is -0.114. The summed E-state index contributed by atoms with van der Waals surface area (Å²) in [5.41, 5.74) is 4.01. The molecular weight excluding hydrogens is 352 g/mol. The maximum absolute atomic E-state index is 12.1. The van der Waals surface area contributed by atoms with Gasteiger partial charge in [0.05, 0.1) is 0 Å². The molecule has 28 heavy (non-hydrogen) atoms. The van der Waals surface area contributed by atoms with E-state index >= 15 is 0 Å². The standard InChI is InChI=1S/C23H22N2O3/c1-24-23(26)22(25-27-2)21-11-7-6-10-19(21)16-28-20-14-12-18(13-15-20)17-8-4-3-5-9-17/h3-15H,16H2,1-2H3,(H,24,26)/b25-22-. The van der Waals surface area contributed by atoms with Crippen LogP contribution in [0.15, 0.2) is 84.0 Å². The summed E-state index contributed by atoms with van der Waals surface area (Å²) in [6.45, 7) is 0.306. The van der Waals surface area contributed by atoms with Crippen molar-refractivity contribution in [2.24, 2.45) is 5.16 Å². The van der Waals surface area contributed by atoms with Crippen molar-refractivity contribution < 1.29 is 14.4 Å². The topological polar surface area (TPSA) is 59.9 Å². The fourth-order valence-corrected chi connectivity index (χ4v) is 2.84. The number of hydrogen-bond donors (Lipinski definition) is 1. The van der Waals surface area contributed by atoms with Crippen LogP contribution in [0, 0.1) is 0 Å². The molecule has 0 saturated carbocycles. The maximum Gasteiger partial charge on any atom is 0.273 e. The Morgan fingerprint density at radius 2 is 1.54 bits per heavy atom. The highest BCUT2D eigenvalue weighted by Gasteiger charge is 2.17. The number of likely N-dealkylation sites (N-methyl/N-ethyl adjacent to an activating group) is 1. The number of rotatable bonds is 7. The van der Waals surface area contributed by atoms with Gasteiger partial charge in [0.2, 0.25) is 0 Å². The summed E-state index contributed by atoms with van der Waals surface area (Å²) in [6.07, 6.45) is 0. The summed E-state index contributed by atoms with van der Waals surface area (Å²) in [7, 11) is 2.97. The predicted octanol–water partition coefficient (Wildman–Crippen LogP) is 4.03. The van der Waals surface area contributed by atoms with E-state index in [1.54, 1.807) is 7.05 Å². The largest absolute Gasteiger partial charge is 0.489 e. The first-order valence-corrected chi connectivity index (χ1v) is 8.92. The summed E-state index contributed by atoms with van der Waals surface area (Å²) in [5, 5.41) is 6.46. The quantitative estimate of drug-likeness (QED) is 0.502. The summed E-state index contributed by atoms with van der Waals surface area (Å²) in [4.78, 5) is 17.0. The number of benzene rings is 3. The third kappa shape index (κ3) is 4.57. The minimum absolute atomic E-state index is 0.212. The monoisotopic (exact) mass is 374 g/mol. The molecular formula is C23H22N2O3. The van der Waals surface area contributed by atoms with Gasteiger partial charge < -0.3 is 14.9 Å². The molecule has 0 spiro atoms. The zero-order valence-corrected chi connectivity index (χ0v) is 15.9. The lowest BCUT2D eigenvalue weighted by Gasteiger charge is -2.12. The predicted molar refractivity (Wildman–Crippen MR) is 110 cm³/mol. The molecule has 0 bridgehead atoms. The number of ether oxygens (including phenoxy) is 1. The van der Waals surface area contributed by atoms with Crippen molar-refractivity contribution in [3.05, 3.63) is 90.0 Å². The Bertz CT molecular complexity index is 951. The lowest BCUT2D eigenvalue weighted by atomic mass is 10.0. The highest BCUT2D eigenvalue weighted by atomic mass is 16.6. The van der Waals surface area contributed by atoms with Gasteiger partial charge in [-0.1, -0.05) is 71.9 Å². The Labute approximate surface area is 164 Å². The number of nitrogens with one attached hydrogen (secondary N) is 1. The Hall–Kier alpha value is -3.60. The van der Waals surface area contributed by atoms with Gasteiger partial charge in [-0.3, -0.25) is 4.79 Å². The smallest absolute Gasteiger partial charge is 0.273 e. The van der Waals surface area contributed by atoms with Gasteiger partial charge in [-0.2, -0.15) is 0 Å². The average molecular weight is 374 g/mol. The molecule has 0 aromatic heterocycles. The van der Waals surface area contributed by atoms with Gasteiger partial charge >= 0.3 is 0 Å². The van der Waals surface area contributed by atoms with Crippen LogP contribution in [-0.4, -0.2) is 25.8 Å². The van der Waals surface area contributed by atoms with Crippen LogP contribution in [0.2, 0.25) is 0 Å². The first kappa shape index (κ1) is 19.2. The van der Waals surface area contributed by atoms with Gasteiger partial charge in [0, 0.05) is 12.6 Å². The third-order valence-electron chi connectivity index (χ3n) is 4.25. The van der Waals surface area contributed by atoms with Gasteiger partial charge in [0.1, 0.15) is 19.5 Å². The van der Waals surface area contributed by atoms with Gasteiger partial charge in [-0.05, 0) is 28.8 Å². The molecule has 0 fully saturated rings. The summed E-state index contributed by atoms with van der Waals surface area (Å²) in [5.74, 6) is 0.432. The normalized spacial score (nSPS) is 11.0. The van der Waals surface area contributed by atoms with Crippen molar-refractivity contribution in [3.63, 3.8) is 0 Å². The van der Waals surface area contributed by atoms with E-state index in [1.165, 1.54) is 7.11 Å². The fourth-order valence-electron chi connectivity index (χ4n) is 2.84. The summed E-state index contributed by atoms with van der Waals surface area (Å²) in [6, 6.07) is 25.6. The van der Waals surface area contributed by atoms with Crippen LogP contribution < -0.4 is 10.1 Å². The van der Waals surface area contributed by atoms with Crippen molar-refractivity contribution in [2.75, 3.05) is 14.2 Å². The molecule has 5 nitrogen and oxygen atoms in total. The van der Waals surface area contributed by atoms with E-state index < -0.39 is 0 Å². The molecule has 5 heteroatoms. The minimum atomic E-state index is -0.318. The van der Waals surface area contributed by atoms with Gasteiger partial charge in [0.15, 0.2) is 5.71 Å². The number of oxime groups is 1. The molecule has 142 valence electrons. The molecule has 3 rings (SSSR count). The molecule has 1 amide bonds. The second-order valence-electron chi connectivity index (χ2n) is 6.04. The van der Waals surface area contributed by atoms with Crippen LogP contribution in [0.25, 0.3) is 11.1 Å². The van der Waals surface area contributed by atoms with Crippen LogP contribution in [0.1, 0.15) is 11.1 Å². The SMILES string of the molecule is CNC(=O)/C(=N\OC)c1ccccc1COc1ccc(-c2ccccc2)cc1. The molecule has 0 radical (unpaired) electrons. The molecule has 0 atom stereocenters. The van der Waals surface area contributed by atoms with Gasteiger partial charge in [-0.15, -0.1) is 0 Å². The highest BCUT2D eigenvalue weighted by molar-refractivity contribution is 6.45. The van der Waals surface area contributed by atoms with Crippen LogP contribution in [0.5, 0.6) is 5.75 Å². The zero-order chi connectivity index (χ0) is 19.8. The van der Waals surface area contributed by atoms with E-state index in [4.69, 9.17) is 9.57 Å². The molecule has 0 aliphatic rings. The molecule has 0 unspecified atom stereocenters. The van der Waals surface area contributed by atoms with E-state index in [0.29, 0.717) is 12.2 Å². The van der Waals surface area contributed by atoms with Crippen LogP contribution in [-0.2, 0) is 16.2 Å². The zero-order valence-electron chi connectivity index (χ0n) is 15.9. The van der Waals surface area contributed by atoms with Crippen molar-refractivity contribution in [1.82, 2.24) is 5.32 Å². The average Bonchev–Trinajstić information content (AvgIpc) is 2.77. The number of nitrogens with zero attached hydrogens (tertiary/aromatic N) is 1. The maximum atomic E-state index is 12.1. The molecule has 0 aliphatic heterocycles. The third-order valence-corrected chi connectivity index (χ3v) is 4.25. The Morgan fingerprint density at radius 3 is 2.21 bits per heavy atom. The molecule has 0 aliphatic carbocycles. The van der Waals surface area contributed by atoms with E-state index in [9.17, 15) is 4.79 Å². The van der Waals surface area contributed by atoms with Crippen molar-refractivity contribution in [2.45, 2.75) is 6.61 Å². The number of hydrogen-bond acceptors (Lipinski definition) is 4. The molecule has 3 aromatic carbocycles. The van der Waals surface area contributed by atoms with Crippen LogP contribution in [0.3, 0.4) is 0 Å². The Kier molecular flexibility index (Phi) is 6.41. The second-order valence-corrected chi connectivity index (χ2v) is 6.04. The van der Waals surface area contributed by atoms with E-state index in [1.807, 2.05) is 66.7 Å². The van der Waals surface area contributed by atoms with Crippen LogP contribution >= 0.6 is 0 Å². The lowest BCUT2D eigenvalue weighted by Crippen LogP contribution is -2.29. The van der Waals surface area contributed by atoms with E-state index in [2.05, 4.69) is 22.6 Å². The van der Waals surface area contributed by atoms with Crippen molar-refractivity contribution in [3.8, 4) is 16.9 Å². The summed E-state index contributed by atoms with van der Waals surface area (Å²) >= 11 is 0. The van der Waals surface area contributed by atoms with Gasteiger partial charge in [0.25, 0.3) is 5.91 Å². The van der Waals surface area contributed by atoms with E-state index in [-0.39, 0.29) is 11.6 Å². The number of carbonyl (C=O) groups is 1. The molecule has 0 saturated heterocycles. The Balaban J connectivity index is 1.76. The second kappa shape index (κ2) is 9.37. The van der Waals surface area contributed by atoms with Crippen molar-refractivity contribution >= 4 is 11.6 Å².